The zero-order chi connectivity index (χ0) is 23.0. The van der Waals surface area contributed by atoms with Crippen LogP contribution in [-0.4, -0.2) is 59.3 Å². The maximum absolute atomic E-state index is 15.4. The molecule has 4 N–H and O–H groups in total. The highest BCUT2D eigenvalue weighted by Crippen LogP contribution is 2.41. The maximum Gasteiger partial charge on any atom is 0.202 e. The van der Waals surface area contributed by atoms with Gasteiger partial charge in [-0.25, -0.2) is 18.7 Å². The maximum atomic E-state index is 15.4. The molecule has 0 spiro atoms. The van der Waals surface area contributed by atoms with E-state index >= 15 is 4.39 Å². The Morgan fingerprint density at radius 2 is 2.12 bits per heavy atom. The van der Waals surface area contributed by atoms with E-state index in [1.165, 1.54) is 4.68 Å². The zero-order valence-electron chi connectivity index (χ0n) is 17.6. The van der Waals surface area contributed by atoms with E-state index in [-0.39, 0.29) is 33.5 Å². The Labute approximate surface area is 191 Å². The van der Waals surface area contributed by atoms with Crippen LogP contribution < -0.4 is 10.6 Å². The smallest absolute Gasteiger partial charge is 0.202 e. The zero-order valence-corrected chi connectivity index (χ0v) is 18.4. The monoisotopic (exact) mass is 474 g/mol. The number of nitrogens with one attached hydrogen (secondary N) is 1. The molecule has 2 saturated heterocycles. The lowest BCUT2D eigenvalue weighted by molar-refractivity contribution is 0.202. The first kappa shape index (κ1) is 20.7. The van der Waals surface area contributed by atoms with Gasteiger partial charge < -0.3 is 15.7 Å². The minimum atomic E-state index is -1.19. The van der Waals surface area contributed by atoms with Crippen LogP contribution in [0.4, 0.5) is 14.6 Å². The van der Waals surface area contributed by atoms with Crippen LogP contribution in [-0.2, 0) is 13.7 Å². The molecule has 33 heavy (non-hydrogen) atoms. The van der Waals surface area contributed by atoms with Gasteiger partial charge in [0.05, 0.1) is 29.2 Å². The van der Waals surface area contributed by atoms with Crippen LogP contribution in [0.1, 0.15) is 25.0 Å². The Morgan fingerprint density at radius 3 is 2.91 bits per heavy atom. The van der Waals surface area contributed by atoms with E-state index in [0.717, 1.165) is 6.42 Å². The molecule has 0 radical (unpaired) electrons. The van der Waals surface area contributed by atoms with Gasteiger partial charge in [0.25, 0.3) is 0 Å². The van der Waals surface area contributed by atoms with Gasteiger partial charge in [-0.05, 0) is 31.4 Å². The number of hydrogen-bond acceptors (Lipinski definition) is 7. The van der Waals surface area contributed by atoms with E-state index < -0.39 is 30.7 Å². The van der Waals surface area contributed by atoms with Gasteiger partial charge in [0, 0.05) is 24.7 Å². The third-order valence-corrected chi connectivity index (χ3v) is 7.27. The first-order chi connectivity index (χ1) is 15.9. The summed E-state index contributed by atoms with van der Waals surface area (Å²) < 4.78 is 31.7. The molecule has 1 aromatic carbocycles. The topological polar surface area (TPSA) is 122 Å². The number of benzene rings is 1. The van der Waals surface area contributed by atoms with E-state index in [9.17, 15) is 9.50 Å². The standard InChI is InChI=1S/C21H21ClF2N8O/c1-31-19(22)14-11(30-31)4-3-9(15(14)23)17-18-20(29-28-17)27-21(12(7-33)26-18)32-8-2-5-13(32)16(24)10(25)6-8/h3-4,8,10,13,16,33H,2,5-7,25H2,1H3,(H,27,28,29)/t8-,10-,13+,16-/m0/s1. The molecule has 4 aromatic rings. The molecule has 6 rings (SSSR count). The lowest BCUT2D eigenvalue weighted by Gasteiger charge is -2.41. The summed E-state index contributed by atoms with van der Waals surface area (Å²) >= 11 is 6.24. The highest BCUT2D eigenvalue weighted by atomic mass is 35.5. The molecule has 2 bridgehead atoms. The van der Waals surface area contributed by atoms with Crippen molar-refractivity contribution < 1.29 is 13.9 Å². The summed E-state index contributed by atoms with van der Waals surface area (Å²) in [5.41, 5.74) is 7.76. The molecule has 9 nitrogen and oxygen atoms in total. The van der Waals surface area contributed by atoms with Crippen molar-refractivity contribution >= 4 is 39.5 Å². The van der Waals surface area contributed by atoms with E-state index in [0.29, 0.717) is 35.4 Å². The molecular weight excluding hydrogens is 454 g/mol. The second-order valence-electron chi connectivity index (χ2n) is 8.71. The molecule has 12 heteroatoms. The number of aromatic amines is 1. The number of aryl methyl sites for hydroxylation is 1. The number of fused-ring (bicyclic) bond motifs is 4. The highest BCUT2D eigenvalue weighted by Gasteiger charge is 2.48. The summed E-state index contributed by atoms with van der Waals surface area (Å²) in [6, 6.07) is 2.34. The Hall–Kier alpha value is -2.89. The fraction of sp³-hybridized carbons (Fsp3) is 0.429. The molecule has 2 fully saturated rings. The molecule has 0 amide bonds. The second kappa shape index (κ2) is 7.31. The van der Waals surface area contributed by atoms with Gasteiger partial charge in [-0.2, -0.15) is 10.2 Å². The third-order valence-electron chi connectivity index (χ3n) is 6.84. The van der Waals surface area contributed by atoms with Crippen LogP contribution in [0.2, 0.25) is 5.15 Å². The number of halogens is 3. The Balaban J connectivity index is 1.49. The van der Waals surface area contributed by atoms with Gasteiger partial charge >= 0.3 is 0 Å². The van der Waals surface area contributed by atoms with Crippen molar-refractivity contribution in [1.82, 2.24) is 29.9 Å². The molecule has 2 aliphatic rings. The van der Waals surface area contributed by atoms with Crippen molar-refractivity contribution in [2.45, 2.75) is 50.2 Å². The second-order valence-corrected chi connectivity index (χ2v) is 9.07. The van der Waals surface area contributed by atoms with Gasteiger partial charge in [-0.1, -0.05) is 11.6 Å². The van der Waals surface area contributed by atoms with Crippen LogP contribution >= 0.6 is 11.6 Å². The van der Waals surface area contributed by atoms with Gasteiger partial charge in [0.1, 0.15) is 28.4 Å². The van der Waals surface area contributed by atoms with Crippen LogP contribution in [0.15, 0.2) is 12.1 Å². The fourth-order valence-corrected chi connectivity index (χ4v) is 5.50. The van der Waals surface area contributed by atoms with Crippen molar-refractivity contribution in [3.8, 4) is 11.3 Å². The summed E-state index contributed by atoms with van der Waals surface area (Å²) in [6.45, 7) is -0.405. The average Bonchev–Trinajstić information content (AvgIpc) is 3.45. The number of aliphatic hydroxyl groups is 1. The first-order valence-electron chi connectivity index (χ1n) is 10.7. The predicted octanol–water partition coefficient (Wildman–Crippen LogP) is 2.60. The molecule has 4 atom stereocenters. The summed E-state index contributed by atoms with van der Waals surface area (Å²) in [5.74, 6) is -0.160. The lowest BCUT2D eigenvalue weighted by atomic mass is 9.96. The SMILES string of the molecule is Cn1nc2ccc(-c3[nH]nc4nc(N5[C@H]6CC[C@@H]5[C@@H](F)[C@@H](N)C6)c(CO)nc34)c(F)c2c1Cl. The van der Waals surface area contributed by atoms with Crippen LogP contribution in [0, 0.1) is 5.82 Å². The Kier molecular flexibility index (Phi) is 4.58. The summed E-state index contributed by atoms with van der Waals surface area (Å²) in [7, 11) is 1.64. The third kappa shape index (κ3) is 2.89. The quantitative estimate of drug-likeness (QED) is 0.417. The molecule has 2 aliphatic heterocycles. The Bertz CT molecular complexity index is 1400. The molecule has 3 aromatic heterocycles. The van der Waals surface area contributed by atoms with Crippen LogP contribution in [0.3, 0.4) is 0 Å². The van der Waals surface area contributed by atoms with Crippen molar-refractivity contribution in [1.29, 1.82) is 0 Å². The average molecular weight is 475 g/mol. The van der Waals surface area contributed by atoms with Crippen molar-refractivity contribution in [2.24, 2.45) is 12.8 Å². The lowest BCUT2D eigenvalue weighted by Crippen LogP contribution is -2.56. The first-order valence-corrected chi connectivity index (χ1v) is 11.1. The number of nitrogens with two attached hydrogens (primary N) is 1. The number of alkyl halides is 1. The predicted molar refractivity (Wildman–Crippen MR) is 119 cm³/mol. The number of piperidine rings is 1. The molecule has 5 heterocycles. The molecular formula is C21H21ClF2N8O. The molecule has 172 valence electrons. The van der Waals surface area contributed by atoms with Crippen LogP contribution in [0.5, 0.6) is 0 Å². The van der Waals surface area contributed by atoms with Crippen molar-refractivity contribution in [2.75, 3.05) is 4.90 Å². The normalized spacial score (nSPS) is 25.0. The molecule has 0 saturated carbocycles. The number of anilines is 1. The Morgan fingerprint density at radius 1 is 1.30 bits per heavy atom. The number of aliphatic hydroxyl groups excluding tert-OH is 1. The molecule has 0 unspecified atom stereocenters. The van der Waals surface area contributed by atoms with Gasteiger partial charge in [-0.15, -0.1) is 0 Å². The fourth-order valence-electron chi connectivity index (χ4n) is 5.28. The van der Waals surface area contributed by atoms with E-state index in [1.54, 1.807) is 19.2 Å². The highest BCUT2D eigenvalue weighted by molar-refractivity contribution is 6.34. The number of rotatable bonds is 3. The largest absolute Gasteiger partial charge is 0.390 e. The minimum Gasteiger partial charge on any atom is -0.390 e. The summed E-state index contributed by atoms with van der Waals surface area (Å²) in [5, 5.41) is 21.7. The van der Waals surface area contributed by atoms with E-state index in [4.69, 9.17) is 17.3 Å². The van der Waals surface area contributed by atoms with Crippen molar-refractivity contribution in [3.63, 3.8) is 0 Å². The number of hydrogen-bond donors (Lipinski definition) is 3. The van der Waals surface area contributed by atoms with E-state index in [1.807, 2.05) is 4.90 Å². The van der Waals surface area contributed by atoms with E-state index in [2.05, 4.69) is 25.3 Å². The van der Waals surface area contributed by atoms with Gasteiger partial charge in [0.15, 0.2) is 5.82 Å². The summed E-state index contributed by atoms with van der Waals surface area (Å²) in [6.07, 6.45) is 0.775. The number of aromatic nitrogens is 6. The van der Waals surface area contributed by atoms with Gasteiger partial charge in [0.2, 0.25) is 5.65 Å². The number of H-pyrrole nitrogens is 1. The number of nitrogens with zero attached hydrogens (tertiary/aromatic N) is 6. The van der Waals surface area contributed by atoms with Crippen LogP contribution in [0.25, 0.3) is 33.3 Å². The van der Waals surface area contributed by atoms with Crippen molar-refractivity contribution in [3.05, 3.63) is 28.8 Å². The molecule has 0 aliphatic carbocycles. The van der Waals surface area contributed by atoms with Gasteiger partial charge in [-0.3, -0.25) is 9.78 Å². The minimum absolute atomic E-state index is 0.0278. The summed E-state index contributed by atoms with van der Waals surface area (Å²) in [4.78, 5) is 11.1.